The van der Waals surface area contributed by atoms with Crippen LogP contribution in [0, 0.1) is 6.92 Å². The van der Waals surface area contributed by atoms with Crippen LogP contribution in [0.1, 0.15) is 11.3 Å². The fraction of sp³-hybridized carbons (Fsp3) is 0.235. The van der Waals surface area contributed by atoms with E-state index in [1.54, 1.807) is 19.2 Å². The molecule has 0 aliphatic heterocycles. The highest BCUT2D eigenvalue weighted by molar-refractivity contribution is 5.77. The summed E-state index contributed by atoms with van der Waals surface area (Å²) in [6.45, 7) is 2.19. The number of nitrogens with zero attached hydrogens (tertiary/aromatic N) is 3. The van der Waals surface area contributed by atoms with Gasteiger partial charge in [-0.1, -0.05) is 18.2 Å². The molecule has 1 amide bonds. The number of aromatic nitrogens is 3. The van der Waals surface area contributed by atoms with Crippen LogP contribution in [0.25, 0.3) is 5.69 Å². The van der Waals surface area contributed by atoms with Crippen LogP contribution in [-0.2, 0) is 11.2 Å². The van der Waals surface area contributed by atoms with Crippen molar-refractivity contribution in [2.45, 2.75) is 13.3 Å². The second-order valence-electron chi connectivity index (χ2n) is 5.29. The summed E-state index contributed by atoms with van der Waals surface area (Å²) in [4.78, 5) is 11.7. The Bertz CT molecular complexity index is 795. The summed E-state index contributed by atoms with van der Waals surface area (Å²) < 4.78 is 11.9. The normalized spacial score (nSPS) is 10.5. The third-order valence-corrected chi connectivity index (χ3v) is 3.35. The standard InChI is InChI=1S/C17H18N4O3/c1-13-9-17(20-24-13)23-12-16(22)18-8-7-14-10-19-21(11-14)15-5-3-2-4-6-15/h2-6,9-11H,7-8,12H2,1H3,(H,18,22). The predicted octanol–water partition coefficient (Wildman–Crippen LogP) is 1.91. The van der Waals surface area contributed by atoms with Crippen molar-refractivity contribution < 1.29 is 14.1 Å². The Hall–Kier alpha value is -3.09. The quantitative estimate of drug-likeness (QED) is 0.717. The van der Waals surface area contributed by atoms with E-state index in [1.165, 1.54) is 0 Å². The van der Waals surface area contributed by atoms with Crippen molar-refractivity contribution in [2.24, 2.45) is 0 Å². The Balaban J connectivity index is 1.41. The number of ether oxygens (including phenoxy) is 1. The Morgan fingerprint density at radius 3 is 2.92 bits per heavy atom. The first kappa shape index (κ1) is 15.8. The van der Waals surface area contributed by atoms with Gasteiger partial charge in [-0.05, 0) is 36.2 Å². The van der Waals surface area contributed by atoms with Gasteiger partial charge in [0.2, 0.25) is 0 Å². The lowest BCUT2D eigenvalue weighted by Gasteiger charge is -2.04. The molecule has 0 bridgehead atoms. The second kappa shape index (κ2) is 7.45. The molecule has 2 aromatic heterocycles. The molecule has 2 heterocycles. The van der Waals surface area contributed by atoms with Crippen LogP contribution in [0.4, 0.5) is 0 Å². The number of rotatable bonds is 7. The van der Waals surface area contributed by atoms with Crippen LogP contribution in [-0.4, -0.2) is 34.0 Å². The molecular weight excluding hydrogens is 308 g/mol. The molecule has 7 nitrogen and oxygen atoms in total. The van der Waals surface area contributed by atoms with Crippen molar-refractivity contribution in [1.82, 2.24) is 20.3 Å². The minimum Gasteiger partial charge on any atom is -0.465 e. The van der Waals surface area contributed by atoms with E-state index >= 15 is 0 Å². The molecular formula is C17H18N4O3. The molecule has 24 heavy (non-hydrogen) atoms. The molecule has 0 aliphatic carbocycles. The maximum atomic E-state index is 11.7. The first-order chi connectivity index (χ1) is 11.7. The lowest BCUT2D eigenvalue weighted by Crippen LogP contribution is -2.30. The third kappa shape index (κ3) is 4.22. The van der Waals surface area contributed by atoms with Crippen molar-refractivity contribution in [3.63, 3.8) is 0 Å². The number of carbonyl (C=O) groups excluding carboxylic acids is 1. The summed E-state index contributed by atoms with van der Waals surface area (Å²) in [6.07, 6.45) is 4.45. The Morgan fingerprint density at radius 1 is 1.33 bits per heavy atom. The smallest absolute Gasteiger partial charge is 0.258 e. The summed E-state index contributed by atoms with van der Waals surface area (Å²) in [5, 5.41) is 10.8. The fourth-order valence-electron chi connectivity index (χ4n) is 2.16. The Morgan fingerprint density at radius 2 is 2.17 bits per heavy atom. The molecule has 0 spiro atoms. The number of hydrogen-bond acceptors (Lipinski definition) is 5. The molecule has 0 radical (unpaired) electrons. The Labute approximate surface area is 139 Å². The molecule has 0 saturated heterocycles. The topological polar surface area (TPSA) is 82.2 Å². The average molecular weight is 326 g/mol. The molecule has 1 N–H and O–H groups in total. The third-order valence-electron chi connectivity index (χ3n) is 3.35. The van der Waals surface area contributed by atoms with Crippen LogP contribution in [0.15, 0.2) is 53.3 Å². The zero-order valence-corrected chi connectivity index (χ0v) is 13.3. The summed E-state index contributed by atoms with van der Waals surface area (Å²) >= 11 is 0. The van der Waals surface area contributed by atoms with Gasteiger partial charge >= 0.3 is 0 Å². The molecule has 124 valence electrons. The van der Waals surface area contributed by atoms with Gasteiger partial charge in [0, 0.05) is 18.8 Å². The van der Waals surface area contributed by atoms with Crippen LogP contribution in [0.3, 0.4) is 0 Å². The highest BCUT2D eigenvalue weighted by Gasteiger charge is 2.06. The van der Waals surface area contributed by atoms with Gasteiger partial charge < -0.3 is 14.6 Å². The lowest BCUT2D eigenvalue weighted by molar-refractivity contribution is -0.123. The maximum absolute atomic E-state index is 11.7. The Kier molecular flexibility index (Phi) is 4.90. The zero-order chi connectivity index (χ0) is 16.8. The van der Waals surface area contributed by atoms with Crippen LogP contribution < -0.4 is 10.1 Å². The van der Waals surface area contributed by atoms with Crippen molar-refractivity contribution >= 4 is 5.91 Å². The minimum absolute atomic E-state index is 0.0880. The average Bonchev–Trinajstić information content (AvgIpc) is 3.23. The maximum Gasteiger partial charge on any atom is 0.258 e. The lowest BCUT2D eigenvalue weighted by atomic mass is 10.2. The van der Waals surface area contributed by atoms with Gasteiger partial charge in [-0.15, -0.1) is 0 Å². The van der Waals surface area contributed by atoms with Crippen molar-refractivity contribution in [3.05, 3.63) is 60.1 Å². The van der Waals surface area contributed by atoms with E-state index in [9.17, 15) is 4.79 Å². The molecule has 1 aromatic carbocycles. The number of benzene rings is 1. The number of nitrogens with one attached hydrogen (secondary N) is 1. The number of carbonyl (C=O) groups is 1. The minimum atomic E-state index is -0.203. The second-order valence-corrected chi connectivity index (χ2v) is 5.29. The summed E-state index contributed by atoms with van der Waals surface area (Å²) in [5.41, 5.74) is 2.05. The summed E-state index contributed by atoms with van der Waals surface area (Å²) in [6, 6.07) is 11.5. The summed E-state index contributed by atoms with van der Waals surface area (Å²) in [7, 11) is 0. The van der Waals surface area contributed by atoms with E-state index in [4.69, 9.17) is 9.26 Å². The number of aryl methyl sites for hydroxylation is 1. The van der Waals surface area contributed by atoms with E-state index in [2.05, 4.69) is 15.6 Å². The fourth-order valence-corrected chi connectivity index (χ4v) is 2.16. The van der Waals surface area contributed by atoms with Gasteiger partial charge in [0.05, 0.1) is 11.9 Å². The largest absolute Gasteiger partial charge is 0.465 e. The van der Waals surface area contributed by atoms with Gasteiger partial charge in [-0.25, -0.2) is 4.68 Å². The van der Waals surface area contributed by atoms with Crippen LogP contribution in [0.5, 0.6) is 5.88 Å². The molecule has 0 aliphatic rings. The molecule has 0 unspecified atom stereocenters. The number of hydrogen-bond donors (Lipinski definition) is 1. The molecule has 0 atom stereocenters. The molecule has 7 heteroatoms. The van der Waals surface area contributed by atoms with Gasteiger partial charge in [0.1, 0.15) is 5.76 Å². The number of para-hydroxylation sites is 1. The monoisotopic (exact) mass is 326 g/mol. The van der Waals surface area contributed by atoms with E-state index in [1.807, 2.05) is 41.2 Å². The van der Waals surface area contributed by atoms with Crippen LogP contribution in [0.2, 0.25) is 0 Å². The van der Waals surface area contributed by atoms with Crippen molar-refractivity contribution in [3.8, 4) is 11.6 Å². The van der Waals surface area contributed by atoms with E-state index in [0.29, 0.717) is 24.6 Å². The van der Waals surface area contributed by atoms with Gasteiger partial charge in [-0.3, -0.25) is 4.79 Å². The molecule has 0 fully saturated rings. The zero-order valence-electron chi connectivity index (χ0n) is 13.3. The van der Waals surface area contributed by atoms with Gasteiger partial charge in [0.15, 0.2) is 6.61 Å². The highest BCUT2D eigenvalue weighted by atomic mass is 16.5. The molecule has 3 rings (SSSR count). The SMILES string of the molecule is Cc1cc(OCC(=O)NCCc2cnn(-c3ccccc3)c2)no1. The first-order valence-corrected chi connectivity index (χ1v) is 7.62. The van der Waals surface area contributed by atoms with E-state index < -0.39 is 0 Å². The predicted molar refractivity (Wildman–Crippen MR) is 87.0 cm³/mol. The van der Waals surface area contributed by atoms with E-state index in [0.717, 1.165) is 11.3 Å². The molecule has 3 aromatic rings. The van der Waals surface area contributed by atoms with Crippen LogP contribution >= 0.6 is 0 Å². The van der Waals surface area contributed by atoms with Gasteiger partial charge in [-0.2, -0.15) is 5.10 Å². The highest BCUT2D eigenvalue weighted by Crippen LogP contribution is 2.09. The molecule has 0 saturated carbocycles. The first-order valence-electron chi connectivity index (χ1n) is 7.62. The van der Waals surface area contributed by atoms with Gasteiger partial charge in [0.25, 0.3) is 11.8 Å². The number of amides is 1. The van der Waals surface area contributed by atoms with Crippen molar-refractivity contribution in [1.29, 1.82) is 0 Å². The summed E-state index contributed by atoms with van der Waals surface area (Å²) in [5.74, 6) is 0.749. The van der Waals surface area contributed by atoms with E-state index in [-0.39, 0.29) is 12.5 Å². The van der Waals surface area contributed by atoms with Crippen molar-refractivity contribution in [2.75, 3.05) is 13.2 Å².